The lowest BCUT2D eigenvalue weighted by atomic mass is 9.84. The highest BCUT2D eigenvalue weighted by molar-refractivity contribution is 5.94. The van der Waals surface area contributed by atoms with Crippen LogP contribution in [0.5, 0.6) is 0 Å². The molecule has 0 heterocycles. The fraction of sp³-hybridized carbons (Fsp3) is 0.500. The average molecular weight is 244 g/mol. The number of benzene rings is 1. The molecule has 0 aromatic heterocycles. The second kappa shape index (κ2) is 6.03. The summed E-state index contributed by atoms with van der Waals surface area (Å²) in [6.45, 7) is 5.98. The summed E-state index contributed by atoms with van der Waals surface area (Å²) in [7, 11) is 0. The van der Waals surface area contributed by atoms with Crippen LogP contribution >= 0.6 is 0 Å². The lowest BCUT2D eigenvalue weighted by Crippen LogP contribution is -2.38. The van der Waals surface area contributed by atoms with Gasteiger partial charge >= 0.3 is 0 Å². The molecule has 1 saturated carbocycles. The summed E-state index contributed by atoms with van der Waals surface area (Å²) in [6.07, 6.45) is 6.45. The number of carbonyl (C=O) groups excluding carboxylic acids is 1. The fourth-order valence-corrected chi connectivity index (χ4v) is 2.75. The Morgan fingerprint density at radius 2 is 2.06 bits per heavy atom. The van der Waals surface area contributed by atoms with Crippen LogP contribution in [0.2, 0.25) is 0 Å². The van der Waals surface area contributed by atoms with Gasteiger partial charge in [0, 0.05) is 11.6 Å². The van der Waals surface area contributed by atoms with Crippen LogP contribution in [0.15, 0.2) is 24.3 Å². The van der Waals surface area contributed by atoms with Crippen LogP contribution in [-0.4, -0.2) is 11.9 Å². The molecule has 2 rings (SSSR count). The topological polar surface area (TPSA) is 29.1 Å². The summed E-state index contributed by atoms with van der Waals surface area (Å²) in [5, 5.41) is 3.13. The SMILES string of the molecule is [CH2]c1cccc(C(=O)N[C@H](C)C2CCCCC2)c1. The van der Waals surface area contributed by atoms with Crippen molar-refractivity contribution in [3.05, 3.63) is 42.3 Å². The maximum atomic E-state index is 12.1. The molecular weight excluding hydrogens is 222 g/mol. The van der Waals surface area contributed by atoms with E-state index in [9.17, 15) is 4.79 Å². The molecule has 18 heavy (non-hydrogen) atoms. The van der Waals surface area contributed by atoms with E-state index < -0.39 is 0 Å². The van der Waals surface area contributed by atoms with E-state index in [0.717, 1.165) is 5.56 Å². The zero-order valence-corrected chi connectivity index (χ0v) is 11.1. The number of hydrogen-bond acceptors (Lipinski definition) is 1. The molecule has 1 radical (unpaired) electrons. The van der Waals surface area contributed by atoms with Crippen LogP contribution in [0.1, 0.15) is 54.9 Å². The van der Waals surface area contributed by atoms with E-state index >= 15 is 0 Å². The van der Waals surface area contributed by atoms with Gasteiger partial charge < -0.3 is 5.32 Å². The molecule has 1 aromatic carbocycles. The first-order chi connectivity index (χ1) is 8.66. The van der Waals surface area contributed by atoms with E-state index in [2.05, 4.69) is 19.2 Å². The molecule has 0 aliphatic heterocycles. The third-order valence-electron chi connectivity index (χ3n) is 3.90. The van der Waals surface area contributed by atoms with E-state index in [4.69, 9.17) is 0 Å². The predicted octanol–water partition coefficient (Wildman–Crippen LogP) is 3.57. The number of carbonyl (C=O) groups is 1. The van der Waals surface area contributed by atoms with Crippen LogP contribution in [0, 0.1) is 12.8 Å². The highest BCUT2D eigenvalue weighted by Gasteiger charge is 2.21. The highest BCUT2D eigenvalue weighted by Crippen LogP contribution is 2.26. The standard InChI is InChI=1S/C16H22NO/c1-12-7-6-10-15(11-12)16(18)17-13(2)14-8-4-3-5-9-14/h6-7,10-11,13-14H,1,3-5,8-9H2,2H3,(H,17,18)/t13-/m1/s1. The Labute approximate surface area is 110 Å². The largest absolute Gasteiger partial charge is 0.349 e. The Bertz CT molecular complexity index is 407. The summed E-state index contributed by atoms with van der Waals surface area (Å²) in [4.78, 5) is 12.1. The van der Waals surface area contributed by atoms with Gasteiger partial charge in [-0.25, -0.2) is 0 Å². The van der Waals surface area contributed by atoms with Gasteiger partial charge in [0.2, 0.25) is 0 Å². The molecule has 1 N–H and O–H groups in total. The van der Waals surface area contributed by atoms with Gasteiger partial charge in [-0.1, -0.05) is 31.4 Å². The molecule has 1 fully saturated rings. The van der Waals surface area contributed by atoms with Crippen molar-refractivity contribution in [2.75, 3.05) is 0 Å². The minimum Gasteiger partial charge on any atom is -0.349 e. The molecular formula is C16H22NO. The first kappa shape index (κ1) is 13.1. The zero-order chi connectivity index (χ0) is 13.0. The molecule has 97 valence electrons. The van der Waals surface area contributed by atoms with Crippen LogP contribution in [0.25, 0.3) is 0 Å². The smallest absolute Gasteiger partial charge is 0.251 e. The van der Waals surface area contributed by atoms with Gasteiger partial charge in [0.1, 0.15) is 0 Å². The molecule has 1 aliphatic carbocycles. The summed E-state index contributed by atoms with van der Waals surface area (Å²) in [5.41, 5.74) is 1.60. The second-order valence-corrected chi connectivity index (χ2v) is 5.36. The Balaban J connectivity index is 1.94. The van der Waals surface area contributed by atoms with Gasteiger partial charge in [-0.3, -0.25) is 4.79 Å². The first-order valence-electron chi connectivity index (χ1n) is 6.89. The molecule has 0 bridgehead atoms. The molecule has 1 aromatic rings. The summed E-state index contributed by atoms with van der Waals surface area (Å²) in [6, 6.07) is 7.73. The lowest BCUT2D eigenvalue weighted by molar-refractivity contribution is 0.0919. The van der Waals surface area contributed by atoms with Crippen molar-refractivity contribution < 1.29 is 4.79 Å². The highest BCUT2D eigenvalue weighted by atomic mass is 16.1. The summed E-state index contributed by atoms with van der Waals surface area (Å²) in [5.74, 6) is 0.671. The van der Waals surface area contributed by atoms with E-state index in [1.165, 1.54) is 32.1 Å². The number of amides is 1. The molecule has 0 saturated heterocycles. The summed E-state index contributed by atoms with van der Waals surface area (Å²) < 4.78 is 0. The van der Waals surface area contributed by atoms with Crippen molar-refractivity contribution in [1.29, 1.82) is 0 Å². The zero-order valence-electron chi connectivity index (χ0n) is 11.1. The van der Waals surface area contributed by atoms with Gasteiger partial charge in [-0.05, 0) is 50.3 Å². The normalized spacial score (nSPS) is 18.3. The third kappa shape index (κ3) is 3.34. The molecule has 1 atom stereocenters. The van der Waals surface area contributed by atoms with Crippen molar-refractivity contribution in [2.45, 2.75) is 45.1 Å². The van der Waals surface area contributed by atoms with Gasteiger partial charge in [-0.15, -0.1) is 0 Å². The van der Waals surface area contributed by atoms with Gasteiger partial charge in [0.05, 0.1) is 0 Å². The van der Waals surface area contributed by atoms with Crippen LogP contribution in [-0.2, 0) is 0 Å². The van der Waals surface area contributed by atoms with Crippen molar-refractivity contribution in [3.63, 3.8) is 0 Å². The van der Waals surface area contributed by atoms with Gasteiger partial charge in [-0.2, -0.15) is 0 Å². The minimum absolute atomic E-state index is 0.0265. The molecule has 2 heteroatoms. The second-order valence-electron chi connectivity index (χ2n) is 5.36. The lowest BCUT2D eigenvalue weighted by Gasteiger charge is -2.28. The van der Waals surface area contributed by atoms with Gasteiger partial charge in [0.15, 0.2) is 0 Å². The van der Waals surface area contributed by atoms with Crippen LogP contribution < -0.4 is 5.32 Å². The summed E-state index contributed by atoms with van der Waals surface area (Å²) >= 11 is 0. The molecule has 2 nitrogen and oxygen atoms in total. The van der Waals surface area contributed by atoms with Crippen molar-refractivity contribution in [1.82, 2.24) is 5.32 Å². The van der Waals surface area contributed by atoms with E-state index in [1.807, 2.05) is 24.3 Å². The Hall–Kier alpha value is -1.31. The monoisotopic (exact) mass is 244 g/mol. The van der Waals surface area contributed by atoms with Crippen molar-refractivity contribution >= 4 is 5.91 Å². The third-order valence-corrected chi connectivity index (χ3v) is 3.90. The predicted molar refractivity (Wildman–Crippen MR) is 74.4 cm³/mol. The molecule has 0 spiro atoms. The van der Waals surface area contributed by atoms with Crippen molar-refractivity contribution in [2.24, 2.45) is 5.92 Å². The molecule has 1 aliphatic rings. The fourth-order valence-electron chi connectivity index (χ4n) is 2.75. The van der Waals surface area contributed by atoms with Crippen LogP contribution in [0.4, 0.5) is 0 Å². The Morgan fingerprint density at radius 1 is 1.33 bits per heavy atom. The maximum absolute atomic E-state index is 12.1. The Morgan fingerprint density at radius 3 is 2.72 bits per heavy atom. The number of hydrogen-bond donors (Lipinski definition) is 1. The van der Waals surface area contributed by atoms with Gasteiger partial charge in [0.25, 0.3) is 5.91 Å². The number of nitrogens with one attached hydrogen (secondary N) is 1. The van der Waals surface area contributed by atoms with Crippen LogP contribution in [0.3, 0.4) is 0 Å². The molecule has 1 amide bonds. The molecule has 0 unspecified atom stereocenters. The number of rotatable bonds is 3. The quantitative estimate of drug-likeness (QED) is 0.865. The van der Waals surface area contributed by atoms with E-state index in [0.29, 0.717) is 11.5 Å². The van der Waals surface area contributed by atoms with E-state index in [1.54, 1.807) is 0 Å². The minimum atomic E-state index is 0.0265. The average Bonchev–Trinajstić information content (AvgIpc) is 2.39. The van der Waals surface area contributed by atoms with Crippen molar-refractivity contribution in [3.8, 4) is 0 Å². The maximum Gasteiger partial charge on any atom is 0.251 e. The van der Waals surface area contributed by atoms with E-state index in [-0.39, 0.29) is 11.9 Å². The first-order valence-corrected chi connectivity index (χ1v) is 6.89. The Kier molecular flexibility index (Phi) is 4.40.